The monoisotopic (exact) mass is 393 g/mol. The van der Waals surface area contributed by atoms with E-state index in [0.717, 1.165) is 40.6 Å². The van der Waals surface area contributed by atoms with Crippen LogP contribution in [0.25, 0.3) is 22.1 Å². The second-order valence-electron chi connectivity index (χ2n) is 7.78. The minimum Gasteiger partial charge on any atom is -0.464 e. The van der Waals surface area contributed by atoms with Crippen LogP contribution in [0.2, 0.25) is 0 Å². The van der Waals surface area contributed by atoms with Gasteiger partial charge >= 0.3 is 0 Å². The molecule has 0 saturated carbocycles. The quantitative estimate of drug-likeness (QED) is 0.644. The van der Waals surface area contributed by atoms with E-state index >= 15 is 0 Å². The van der Waals surface area contributed by atoms with Crippen LogP contribution >= 0.6 is 0 Å². The van der Waals surface area contributed by atoms with Crippen molar-refractivity contribution in [3.05, 3.63) is 54.0 Å². The van der Waals surface area contributed by atoms with E-state index in [1.54, 1.807) is 6.20 Å². The molecule has 6 heteroatoms. The minimum atomic E-state index is 0.128. The van der Waals surface area contributed by atoms with Gasteiger partial charge in [0.2, 0.25) is 5.91 Å². The molecule has 1 amide bonds. The van der Waals surface area contributed by atoms with Gasteiger partial charge in [-0.25, -0.2) is 0 Å². The van der Waals surface area contributed by atoms with Crippen LogP contribution in [0.3, 0.4) is 0 Å². The normalized spacial score (nSPS) is 14.7. The Balaban J connectivity index is 1.55. The molecule has 1 aliphatic rings. The summed E-state index contributed by atoms with van der Waals surface area (Å²) < 4.78 is 11.1. The van der Waals surface area contributed by atoms with E-state index < -0.39 is 0 Å². The third kappa shape index (κ3) is 4.66. The lowest BCUT2D eigenvalue weighted by Crippen LogP contribution is -2.41. The number of amides is 1. The number of nitrogens with zero attached hydrogens (tertiary/aromatic N) is 3. The molecule has 2 aromatic heterocycles. The molecular formula is C23H27N3O3. The maximum Gasteiger partial charge on any atom is 0.227 e. The molecule has 0 spiro atoms. The third-order valence-corrected chi connectivity index (χ3v) is 5.33. The Kier molecular flexibility index (Phi) is 5.92. The van der Waals surface area contributed by atoms with Crippen molar-refractivity contribution in [2.75, 3.05) is 46.9 Å². The highest BCUT2D eigenvalue weighted by molar-refractivity contribution is 5.86. The molecule has 0 aliphatic carbocycles. The fourth-order valence-electron chi connectivity index (χ4n) is 3.64. The van der Waals surface area contributed by atoms with Crippen LogP contribution in [0, 0.1) is 0 Å². The van der Waals surface area contributed by atoms with Crippen LogP contribution in [-0.2, 0) is 22.4 Å². The van der Waals surface area contributed by atoms with Gasteiger partial charge in [0.25, 0.3) is 0 Å². The summed E-state index contributed by atoms with van der Waals surface area (Å²) in [6.45, 7) is 3.53. The number of likely N-dealkylation sites (N-methyl/N-ethyl adjacent to an activating group) is 1. The summed E-state index contributed by atoms with van der Waals surface area (Å²) in [6, 6.07) is 8.28. The summed E-state index contributed by atoms with van der Waals surface area (Å²) in [7, 11) is 4.14. The zero-order valence-corrected chi connectivity index (χ0v) is 17.1. The molecule has 1 fully saturated rings. The summed E-state index contributed by atoms with van der Waals surface area (Å²) in [5.41, 5.74) is 5.13. The van der Waals surface area contributed by atoms with Crippen molar-refractivity contribution in [1.29, 1.82) is 0 Å². The SMILES string of the molecule is CN(C)CCc1coc2ccc(-c3cncc(CC(=O)N4CCOCC4)c3)cc12. The number of benzene rings is 1. The van der Waals surface area contributed by atoms with Crippen molar-refractivity contribution in [2.24, 2.45) is 0 Å². The summed E-state index contributed by atoms with van der Waals surface area (Å²) in [5.74, 6) is 0.128. The highest BCUT2D eigenvalue weighted by Crippen LogP contribution is 2.28. The molecule has 1 aliphatic heterocycles. The van der Waals surface area contributed by atoms with Gasteiger partial charge in [-0.15, -0.1) is 0 Å². The van der Waals surface area contributed by atoms with Gasteiger partial charge in [-0.3, -0.25) is 9.78 Å². The van der Waals surface area contributed by atoms with Gasteiger partial charge in [-0.2, -0.15) is 0 Å². The largest absolute Gasteiger partial charge is 0.464 e. The fourth-order valence-corrected chi connectivity index (χ4v) is 3.64. The van der Waals surface area contributed by atoms with E-state index in [1.807, 2.05) is 29.5 Å². The standard InChI is InChI=1S/C23H27N3O3/c1-25(2)6-5-19-16-29-22-4-3-18(13-21(19)22)20-11-17(14-24-15-20)12-23(27)26-7-9-28-10-8-26/h3-4,11,13-16H,5-10,12H2,1-2H3. The molecule has 0 unspecified atom stereocenters. The minimum absolute atomic E-state index is 0.128. The number of pyridine rings is 1. The van der Waals surface area contributed by atoms with Crippen LogP contribution in [0.4, 0.5) is 0 Å². The zero-order chi connectivity index (χ0) is 20.2. The van der Waals surface area contributed by atoms with Crippen LogP contribution in [0.5, 0.6) is 0 Å². The molecule has 1 saturated heterocycles. The maximum atomic E-state index is 12.6. The Hall–Kier alpha value is -2.70. The van der Waals surface area contributed by atoms with Crippen molar-refractivity contribution in [2.45, 2.75) is 12.8 Å². The molecule has 4 rings (SSSR count). The molecule has 3 heterocycles. The van der Waals surface area contributed by atoms with Crippen molar-refractivity contribution in [3.8, 4) is 11.1 Å². The third-order valence-electron chi connectivity index (χ3n) is 5.33. The second-order valence-corrected chi connectivity index (χ2v) is 7.78. The number of fused-ring (bicyclic) bond motifs is 1. The van der Waals surface area contributed by atoms with E-state index in [4.69, 9.17) is 9.15 Å². The molecule has 152 valence electrons. The Morgan fingerprint density at radius 3 is 2.76 bits per heavy atom. The number of aromatic nitrogens is 1. The number of hydrogen-bond acceptors (Lipinski definition) is 5. The summed E-state index contributed by atoms with van der Waals surface area (Å²) in [5, 5.41) is 1.14. The Labute approximate surface area is 171 Å². The zero-order valence-electron chi connectivity index (χ0n) is 17.1. The average Bonchev–Trinajstić information content (AvgIpc) is 3.15. The fraction of sp³-hybridized carbons (Fsp3) is 0.391. The van der Waals surface area contributed by atoms with Gasteiger partial charge in [-0.05, 0) is 55.4 Å². The predicted molar refractivity (Wildman–Crippen MR) is 113 cm³/mol. The van der Waals surface area contributed by atoms with E-state index in [9.17, 15) is 4.79 Å². The first-order valence-electron chi connectivity index (χ1n) is 10.0. The van der Waals surface area contributed by atoms with Crippen LogP contribution in [-0.4, -0.2) is 67.6 Å². The maximum absolute atomic E-state index is 12.6. The topological polar surface area (TPSA) is 58.8 Å². The van der Waals surface area contributed by atoms with Crippen molar-refractivity contribution in [3.63, 3.8) is 0 Å². The number of furan rings is 1. The van der Waals surface area contributed by atoms with E-state index in [0.29, 0.717) is 32.7 Å². The first-order valence-corrected chi connectivity index (χ1v) is 10.0. The van der Waals surface area contributed by atoms with Gasteiger partial charge in [0.15, 0.2) is 0 Å². The molecule has 1 aromatic carbocycles. The predicted octanol–water partition coefficient (Wildman–Crippen LogP) is 3.00. The lowest BCUT2D eigenvalue weighted by molar-refractivity contribution is -0.134. The summed E-state index contributed by atoms with van der Waals surface area (Å²) >= 11 is 0. The van der Waals surface area contributed by atoms with Crippen molar-refractivity contribution >= 4 is 16.9 Å². The van der Waals surface area contributed by atoms with Gasteiger partial charge in [0.1, 0.15) is 5.58 Å². The molecule has 6 nitrogen and oxygen atoms in total. The van der Waals surface area contributed by atoms with Crippen molar-refractivity contribution in [1.82, 2.24) is 14.8 Å². The Morgan fingerprint density at radius 2 is 1.97 bits per heavy atom. The lowest BCUT2D eigenvalue weighted by atomic mass is 10.0. The van der Waals surface area contributed by atoms with Crippen LogP contribution < -0.4 is 0 Å². The van der Waals surface area contributed by atoms with Gasteiger partial charge in [0.05, 0.1) is 25.9 Å². The molecule has 0 N–H and O–H groups in total. The van der Waals surface area contributed by atoms with Gasteiger partial charge in [-0.1, -0.05) is 6.07 Å². The number of morpholine rings is 1. The number of ether oxygens (including phenoxy) is 1. The molecule has 0 bridgehead atoms. The number of carbonyl (C=O) groups is 1. The van der Waals surface area contributed by atoms with Gasteiger partial charge < -0.3 is 19.0 Å². The van der Waals surface area contributed by atoms with E-state index in [1.165, 1.54) is 5.56 Å². The average molecular weight is 393 g/mol. The highest BCUT2D eigenvalue weighted by Gasteiger charge is 2.17. The lowest BCUT2D eigenvalue weighted by Gasteiger charge is -2.26. The van der Waals surface area contributed by atoms with Crippen molar-refractivity contribution < 1.29 is 13.9 Å². The summed E-state index contributed by atoms with van der Waals surface area (Å²) in [6.07, 6.45) is 6.79. The molecular weight excluding hydrogens is 366 g/mol. The Morgan fingerprint density at radius 1 is 1.14 bits per heavy atom. The van der Waals surface area contributed by atoms with Crippen LogP contribution in [0.1, 0.15) is 11.1 Å². The first-order chi connectivity index (χ1) is 14.1. The van der Waals surface area contributed by atoms with E-state index in [-0.39, 0.29) is 5.91 Å². The van der Waals surface area contributed by atoms with E-state index in [2.05, 4.69) is 36.1 Å². The number of hydrogen-bond donors (Lipinski definition) is 0. The van der Waals surface area contributed by atoms with Crippen LogP contribution in [0.15, 0.2) is 47.3 Å². The number of rotatable bonds is 6. The highest BCUT2D eigenvalue weighted by atomic mass is 16.5. The van der Waals surface area contributed by atoms with Gasteiger partial charge in [0, 0.05) is 43.0 Å². The molecule has 3 aromatic rings. The molecule has 0 atom stereocenters. The first kappa shape index (κ1) is 19.6. The second kappa shape index (κ2) is 8.76. The Bertz CT molecular complexity index is 990. The molecule has 0 radical (unpaired) electrons. The number of carbonyl (C=O) groups excluding carboxylic acids is 1. The summed E-state index contributed by atoms with van der Waals surface area (Å²) in [4.78, 5) is 21.0. The molecule has 29 heavy (non-hydrogen) atoms. The smallest absolute Gasteiger partial charge is 0.227 e.